The van der Waals surface area contributed by atoms with Crippen LogP contribution in [0.1, 0.15) is 44.5 Å². The van der Waals surface area contributed by atoms with Crippen LogP contribution in [0.4, 0.5) is 0 Å². The standard InChI is InChI=1S/C16H20Cl2N2/c1-11-2-5-13(6-3-11)20-15-7-4-12(18)10-14(15)19-16(20)8-9-17/h4,7,10-11,13H,2-3,5-6,8-9H2,1H3. The van der Waals surface area contributed by atoms with Gasteiger partial charge in [0, 0.05) is 23.4 Å². The van der Waals surface area contributed by atoms with Crippen LogP contribution in [0.25, 0.3) is 11.0 Å². The number of fused-ring (bicyclic) bond motifs is 1. The predicted octanol–water partition coefficient (Wildman–Crippen LogP) is 5.22. The van der Waals surface area contributed by atoms with E-state index >= 15 is 0 Å². The molecular formula is C16H20Cl2N2. The molecule has 0 saturated heterocycles. The summed E-state index contributed by atoms with van der Waals surface area (Å²) in [6.45, 7) is 2.35. The Bertz CT molecular complexity index is 598. The third kappa shape index (κ3) is 2.68. The molecule has 0 amide bonds. The SMILES string of the molecule is CC1CCC(n2c(CCCl)nc3cc(Cl)ccc32)CC1. The molecular weight excluding hydrogens is 291 g/mol. The molecule has 0 N–H and O–H groups in total. The highest BCUT2D eigenvalue weighted by Gasteiger charge is 2.23. The lowest BCUT2D eigenvalue weighted by Crippen LogP contribution is -2.19. The number of nitrogens with zero attached hydrogens (tertiary/aromatic N) is 2. The Labute approximate surface area is 130 Å². The lowest BCUT2D eigenvalue weighted by Gasteiger charge is -2.29. The van der Waals surface area contributed by atoms with Gasteiger partial charge >= 0.3 is 0 Å². The number of benzene rings is 1. The van der Waals surface area contributed by atoms with Gasteiger partial charge in [0.25, 0.3) is 0 Å². The van der Waals surface area contributed by atoms with Crippen LogP contribution in [0, 0.1) is 5.92 Å². The molecule has 2 aromatic rings. The van der Waals surface area contributed by atoms with Crippen LogP contribution in [0.3, 0.4) is 0 Å². The molecule has 0 unspecified atom stereocenters. The summed E-state index contributed by atoms with van der Waals surface area (Å²) in [5.74, 6) is 2.57. The molecule has 1 aromatic carbocycles. The molecule has 1 heterocycles. The zero-order valence-electron chi connectivity index (χ0n) is 11.8. The van der Waals surface area contributed by atoms with Crippen molar-refractivity contribution in [1.29, 1.82) is 0 Å². The van der Waals surface area contributed by atoms with Crippen LogP contribution in [-0.2, 0) is 6.42 Å². The summed E-state index contributed by atoms with van der Waals surface area (Å²) in [6.07, 6.45) is 5.91. The second-order valence-electron chi connectivity index (χ2n) is 5.88. The summed E-state index contributed by atoms with van der Waals surface area (Å²) < 4.78 is 2.42. The first-order valence-electron chi connectivity index (χ1n) is 7.41. The van der Waals surface area contributed by atoms with Gasteiger partial charge < -0.3 is 4.57 Å². The molecule has 1 saturated carbocycles. The van der Waals surface area contributed by atoms with E-state index in [9.17, 15) is 0 Å². The Kier molecular flexibility index (Phi) is 4.23. The minimum Gasteiger partial charge on any atom is -0.325 e. The molecule has 1 fully saturated rings. The van der Waals surface area contributed by atoms with E-state index < -0.39 is 0 Å². The van der Waals surface area contributed by atoms with Crippen LogP contribution < -0.4 is 0 Å². The summed E-state index contributed by atoms with van der Waals surface area (Å²) in [5.41, 5.74) is 2.20. The van der Waals surface area contributed by atoms with Gasteiger partial charge in [0.2, 0.25) is 0 Å². The Hall–Kier alpha value is -0.730. The minimum absolute atomic E-state index is 0.565. The summed E-state index contributed by atoms with van der Waals surface area (Å²) in [4.78, 5) is 4.75. The zero-order chi connectivity index (χ0) is 14.1. The third-order valence-corrected chi connectivity index (χ3v) is 4.82. The zero-order valence-corrected chi connectivity index (χ0v) is 13.3. The fraction of sp³-hybridized carbons (Fsp3) is 0.562. The molecule has 2 nitrogen and oxygen atoms in total. The summed E-state index contributed by atoms with van der Waals surface area (Å²) in [6, 6.07) is 6.57. The van der Waals surface area contributed by atoms with E-state index in [-0.39, 0.29) is 0 Å². The van der Waals surface area contributed by atoms with Crippen molar-refractivity contribution >= 4 is 34.2 Å². The van der Waals surface area contributed by atoms with Gasteiger partial charge in [-0.05, 0) is 49.8 Å². The number of halogens is 2. The molecule has 0 atom stereocenters. The highest BCUT2D eigenvalue weighted by Crippen LogP contribution is 2.35. The van der Waals surface area contributed by atoms with Crippen LogP contribution in [0.2, 0.25) is 5.02 Å². The van der Waals surface area contributed by atoms with Gasteiger partial charge in [0.1, 0.15) is 5.82 Å². The Morgan fingerprint density at radius 1 is 1.25 bits per heavy atom. The Morgan fingerprint density at radius 3 is 2.70 bits per heavy atom. The number of hydrogen-bond acceptors (Lipinski definition) is 1. The quantitative estimate of drug-likeness (QED) is 0.710. The first-order chi connectivity index (χ1) is 9.69. The van der Waals surface area contributed by atoms with Crippen molar-refractivity contribution in [2.24, 2.45) is 5.92 Å². The lowest BCUT2D eigenvalue weighted by molar-refractivity contribution is 0.290. The maximum atomic E-state index is 6.09. The van der Waals surface area contributed by atoms with Crippen molar-refractivity contribution in [2.75, 3.05) is 5.88 Å². The Balaban J connectivity index is 2.04. The summed E-state index contributed by atoms with van der Waals surface area (Å²) >= 11 is 12.0. The van der Waals surface area contributed by atoms with E-state index in [0.717, 1.165) is 28.7 Å². The van der Waals surface area contributed by atoms with E-state index in [1.165, 1.54) is 31.2 Å². The monoisotopic (exact) mass is 310 g/mol. The van der Waals surface area contributed by atoms with Crippen molar-refractivity contribution in [1.82, 2.24) is 9.55 Å². The average molecular weight is 311 g/mol. The van der Waals surface area contributed by atoms with Crippen LogP contribution >= 0.6 is 23.2 Å². The molecule has 1 aliphatic carbocycles. The fourth-order valence-electron chi connectivity index (χ4n) is 3.29. The number of imidazole rings is 1. The van der Waals surface area contributed by atoms with Crippen LogP contribution in [-0.4, -0.2) is 15.4 Å². The second-order valence-corrected chi connectivity index (χ2v) is 6.70. The molecule has 1 aromatic heterocycles. The van der Waals surface area contributed by atoms with Gasteiger partial charge in [-0.2, -0.15) is 0 Å². The molecule has 0 bridgehead atoms. The summed E-state index contributed by atoms with van der Waals surface area (Å²) in [5, 5.41) is 0.747. The molecule has 20 heavy (non-hydrogen) atoms. The van der Waals surface area contributed by atoms with E-state index in [1.54, 1.807) is 0 Å². The molecule has 108 valence electrons. The number of alkyl halides is 1. The van der Waals surface area contributed by atoms with Crippen molar-refractivity contribution in [3.8, 4) is 0 Å². The van der Waals surface area contributed by atoms with E-state index in [1.807, 2.05) is 12.1 Å². The molecule has 0 aliphatic heterocycles. The largest absolute Gasteiger partial charge is 0.325 e. The van der Waals surface area contributed by atoms with Crippen molar-refractivity contribution < 1.29 is 0 Å². The third-order valence-electron chi connectivity index (χ3n) is 4.39. The van der Waals surface area contributed by atoms with E-state index in [2.05, 4.69) is 17.6 Å². The van der Waals surface area contributed by atoms with Gasteiger partial charge in [-0.25, -0.2) is 4.98 Å². The van der Waals surface area contributed by atoms with Crippen molar-refractivity contribution in [2.45, 2.75) is 45.1 Å². The van der Waals surface area contributed by atoms with Gasteiger partial charge in [0.05, 0.1) is 11.0 Å². The number of hydrogen-bond donors (Lipinski definition) is 0. The normalized spacial score (nSPS) is 23.4. The van der Waals surface area contributed by atoms with Gasteiger partial charge in [-0.1, -0.05) is 18.5 Å². The lowest BCUT2D eigenvalue weighted by atomic mass is 9.87. The minimum atomic E-state index is 0.565. The molecule has 0 spiro atoms. The smallest absolute Gasteiger partial charge is 0.111 e. The van der Waals surface area contributed by atoms with Crippen LogP contribution in [0.5, 0.6) is 0 Å². The van der Waals surface area contributed by atoms with E-state index in [0.29, 0.717) is 11.9 Å². The molecule has 1 aliphatic rings. The van der Waals surface area contributed by atoms with Gasteiger partial charge in [-0.3, -0.25) is 0 Å². The van der Waals surface area contributed by atoms with E-state index in [4.69, 9.17) is 28.2 Å². The predicted molar refractivity (Wildman–Crippen MR) is 85.8 cm³/mol. The maximum absolute atomic E-state index is 6.09. The molecule has 4 heteroatoms. The van der Waals surface area contributed by atoms with Crippen molar-refractivity contribution in [3.05, 3.63) is 29.0 Å². The Morgan fingerprint density at radius 2 is 2.00 bits per heavy atom. The molecule has 0 radical (unpaired) electrons. The molecule has 3 rings (SSSR count). The maximum Gasteiger partial charge on any atom is 0.111 e. The summed E-state index contributed by atoms with van der Waals surface area (Å²) in [7, 11) is 0. The first kappa shape index (κ1) is 14.2. The fourth-order valence-corrected chi connectivity index (χ4v) is 3.63. The van der Waals surface area contributed by atoms with Crippen LogP contribution in [0.15, 0.2) is 18.2 Å². The number of aryl methyl sites for hydroxylation is 1. The van der Waals surface area contributed by atoms with Crippen molar-refractivity contribution in [3.63, 3.8) is 0 Å². The number of rotatable bonds is 3. The van der Waals surface area contributed by atoms with Gasteiger partial charge in [-0.15, -0.1) is 11.6 Å². The topological polar surface area (TPSA) is 17.8 Å². The highest BCUT2D eigenvalue weighted by molar-refractivity contribution is 6.31. The number of aromatic nitrogens is 2. The first-order valence-corrected chi connectivity index (χ1v) is 8.32. The highest BCUT2D eigenvalue weighted by atomic mass is 35.5. The second kappa shape index (κ2) is 5.95. The average Bonchev–Trinajstić information content (AvgIpc) is 2.77. The van der Waals surface area contributed by atoms with Gasteiger partial charge in [0.15, 0.2) is 0 Å².